The molecule has 2 aromatic rings. The second kappa shape index (κ2) is 10.1. The highest BCUT2D eigenvalue weighted by atomic mass is 16.5. The summed E-state index contributed by atoms with van der Waals surface area (Å²) in [5.41, 5.74) is 2.92. The molecule has 0 bridgehead atoms. The van der Waals surface area contributed by atoms with Crippen LogP contribution in [0.15, 0.2) is 72.1 Å². The number of rotatable bonds is 8. The van der Waals surface area contributed by atoms with Gasteiger partial charge in [-0.3, -0.25) is 9.59 Å². The van der Waals surface area contributed by atoms with E-state index in [1.54, 1.807) is 23.1 Å². The Morgan fingerprint density at radius 2 is 1.94 bits per heavy atom. The first-order chi connectivity index (χ1) is 16.4. The Morgan fingerprint density at radius 3 is 2.65 bits per heavy atom. The molecule has 1 fully saturated rings. The summed E-state index contributed by atoms with van der Waals surface area (Å²) in [6.45, 7) is 9.40. The van der Waals surface area contributed by atoms with Crippen LogP contribution in [0.2, 0.25) is 0 Å². The van der Waals surface area contributed by atoms with Crippen molar-refractivity contribution in [2.45, 2.75) is 38.8 Å². The number of phenolic OH excluding ortho intramolecular Hbond substituents is 1. The van der Waals surface area contributed by atoms with Gasteiger partial charge in [-0.1, -0.05) is 56.8 Å². The molecule has 2 atom stereocenters. The second-order valence-electron chi connectivity index (χ2n) is 8.55. The van der Waals surface area contributed by atoms with Crippen LogP contribution in [0.4, 0.5) is 5.69 Å². The van der Waals surface area contributed by atoms with Crippen LogP contribution in [0, 0.1) is 0 Å². The number of phenols is 1. The molecule has 3 N–H and O–H groups in total. The highest BCUT2D eigenvalue weighted by Gasteiger charge is 2.34. The molecule has 7 heteroatoms. The molecule has 0 aromatic heterocycles. The maximum absolute atomic E-state index is 13.1. The molecule has 2 aromatic carbocycles. The predicted molar refractivity (Wildman–Crippen MR) is 131 cm³/mol. The number of carbonyl (C=O) groups is 2. The SMILES string of the molecule is C=C1C(=O)C(N[C@H](CC)c2ccccc2)=C1Nc1cccc(C(=O)N2CCOC(CC)C2)c1O. The standard InChI is InChI=1S/C27H31N3O4/c1-4-19-16-30(14-15-34-19)27(33)20-12-9-13-22(26(20)32)29-23-17(3)25(31)24(23)28-21(5-2)18-10-7-6-8-11-18/h6-13,19,21,28-29,32H,3-5,14-16H2,1-2H3/t19?,21-/m1/s1. The van der Waals surface area contributed by atoms with E-state index < -0.39 is 0 Å². The van der Waals surface area contributed by atoms with Gasteiger partial charge in [-0.2, -0.15) is 0 Å². The van der Waals surface area contributed by atoms with Gasteiger partial charge in [0.05, 0.1) is 35.7 Å². The number of ether oxygens (including phenoxy) is 1. The number of carbonyl (C=O) groups excluding carboxylic acids is 2. The zero-order valence-electron chi connectivity index (χ0n) is 19.6. The summed E-state index contributed by atoms with van der Waals surface area (Å²) in [7, 11) is 0. The zero-order valence-corrected chi connectivity index (χ0v) is 19.6. The predicted octanol–water partition coefficient (Wildman–Crippen LogP) is 4.15. The third kappa shape index (κ3) is 4.56. The molecular formula is C27H31N3O4. The molecule has 1 amide bonds. The molecule has 0 radical (unpaired) electrons. The number of aromatic hydroxyl groups is 1. The average Bonchev–Trinajstić information content (AvgIpc) is 2.89. The smallest absolute Gasteiger partial charge is 0.257 e. The van der Waals surface area contributed by atoms with Crippen LogP contribution < -0.4 is 10.6 Å². The molecule has 1 aliphatic carbocycles. The lowest BCUT2D eigenvalue weighted by Crippen LogP contribution is -2.45. The van der Waals surface area contributed by atoms with E-state index in [1.807, 2.05) is 44.2 Å². The third-order valence-electron chi connectivity index (χ3n) is 6.39. The van der Waals surface area contributed by atoms with Gasteiger partial charge in [0.25, 0.3) is 5.91 Å². The van der Waals surface area contributed by atoms with Crippen LogP contribution in [0.5, 0.6) is 5.75 Å². The van der Waals surface area contributed by atoms with E-state index in [4.69, 9.17) is 4.74 Å². The Kier molecular flexibility index (Phi) is 7.03. The fraction of sp³-hybridized carbons (Fsp3) is 0.333. The zero-order chi connectivity index (χ0) is 24.2. The quantitative estimate of drug-likeness (QED) is 0.404. The first-order valence-corrected chi connectivity index (χ1v) is 11.7. The largest absolute Gasteiger partial charge is 0.505 e. The van der Waals surface area contributed by atoms with Gasteiger partial charge in [-0.05, 0) is 30.5 Å². The lowest BCUT2D eigenvalue weighted by molar-refractivity contribution is -0.113. The number of nitrogens with one attached hydrogen (secondary N) is 2. The maximum atomic E-state index is 13.1. The molecular weight excluding hydrogens is 430 g/mol. The normalized spacial score (nSPS) is 19.0. The van der Waals surface area contributed by atoms with E-state index in [1.165, 1.54) is 0 Å². The summed E-state index contributed by atoms with van der Waals surface area (Å²) in [5, 5.41) is 17.4. The van der Waals surface area contributed by atoms with E-state index in [2.05, 4.69) is 17.2 Å². The van der Waals surface area contributed by atoms with Crippen molar-refractivity contribution in [3.8, 4) is 5.75 Å². The number of amides is 1. The average molecular weight is 462 g/mol. The van der Waals surface area contributed by atoms with Crippen LogP contribution in [0.3, 0.4) is 0 Å². The number of Topliss-reactive ketones (excluding diaryl/α,β-unsaturated/α-hetero) is 1. The summed E-state index contributed by atoms with van der Waals surface area (Å²) in [5.74, 6) is -0.558. The Hall–Kier alpha value is -3.58. The molecule has 34 heavy (non-hydrogen) atoms. The molecule has 7 nitrogen and oxygen atoms in total. The Bertz CT molecular complexity index is 1130. The maximum Gasteiger partial charge on any atom is 0.257 e. The molecule has 0 saturated carbocycles. The summed E-state index contributed by atoms with van der Waals surface area (Å²) in [4.78, 5) is 27.4. The van der Waals surface area contributed by atoms with Gasteiger partial charge in [0.1, 0.15) is 5.70 Å². The Morgan fingerprint density at radius 1 is 1.18 bits per heavy atom. The van der Waals surface area contributed by atoms with E-state index >= 15 is 0 Å². The first-order valence-electron chi connectivity index (χ1n) is 11.7. The number of para-hydroxylation sites is 1. The summed E-state index contributed by atoms with van der Waals surface area (Å²) in [6.07, 6.45) is 1.60. The Balaban J connectivity index is 1.56. The molecule has 2 aliphatic rings. The van der Waals surface area contributed by atoms with E-state index in [9.17, 15) is 14.7 Å². The molecule has 4 rings (SSSR count). The fourth-order valence-corrected chi connectivity index (χ4v) is 4.30. The van der Waals surface area contributed by atoms with Crippen molar-refractivity contribution in [3.63, 3.8) is 0 Å². The van der Waals surface area contributed by atoms with Crippen LogP contribution in [0.1, 0.15) is 48.7 Å². The fourth-order valence-electron chi connectivity index (χ4n) is 4.30. The van der Waals surface area contributed by atoms with E-state index in [-0.39, 0.29) is 35.1 Å². The number of ketones is 1. The summed E-state index contributed by atoms with van der Waals surface area (Å²) < 4.78 is 5.66. The number of hydrogen-bond donors (Lipinski definition) is 3. The molecule has 1 saturated heterocycles. The highest BCUT2D eigenvalue weighted by molar-refractivity contribution is 6.20. The van der Waals surface area contributed by atoms with Crippen molar-refractivity contribution < 1.29 is 19.4 Å². The molecule has 1 heterocycles. The lowest BCUT2D eigenvalue weighted by Gasteiger charge is -2.33. The minimum Gasteiger partial charge on any atom is -0.505 e. The third-order valence-corrected chi connectivity index (χ3v) is 6.39. The van der Waals surface area contributed by atoms with Crippen LogP contribution in [-0.2, 0) is 9.53 Å². The number of morpholine rings is 1. The minimum absolute atomic E-state index is 0.000349. The first kappa shape index (κ1) is 23.6. The van der Waals surface area contributed by atoms with Gasteiger partial charge < -0.3 is 25.4 Å². The number of allylic oxidation sites excluding steroid dienone is 2. The van der Waals surface area contributed by atoms with Crippen molar-refractivity contribution in [3.05, 3.63) is 83.2 Å². The van der Waals surface area contributed by atoms with Crippen LogP contribution in [-0.4, -0.2) is 47.5 Å². The van der Waals surface area contributed by atoms with Crippen molar-refractivity contribution in [2.75, 3.05) is 25.0 Å². The van der Waals surface area contributed by atoms with Crippen molar-refractivity contribution in [2.24, 2.45) is 0 Å². The highest BCUT2D eigenvalue weighted by Crippen LogP contribution is 2.36. The Labute approximate surface area is 200 Å². The topological polar surface area (TPSA) is 90.9 Å². The van der Waals surface area contributed by atoms with Gasteiger partial charge in [0.15, 0.2) is 5.75 Å². The monoisotopic (exact) mass is 461 g/mol. The van der Waals surface area contributed by atoms with Gasteiger partial charge >= 0.3 is 0 Å². The number of benzene rings is 2. The molecule has 1 unspecified atom stereocenters. The van der Waals surface area contributed by atoms with Crippen molar-refractivity contribution in [1.82, 2.24) is 10.2 Å². The van der Waals surface area contributed by atoms with Gasteiger partial charge in [0.2, 0.25) is 5.78 Å². The summed E-state index contributed by atoms with van der Waals surface area (Å²) >= 11 is 0. The van der Waals surface area contributed by atoms with Crippen LogP contribution in [0.25, 0.3) is 0 Å². The molecule has 0 spiro atoms. The summed E-state index contributed by atoms with van der Waals surface area (Å²) in [6, 6.07) is 14.9. The minimum atomic E-state index is -0.242. The molecule has 178 valence electrons. The van der Waals surface area contributed by atoms with Gasteiger partial charge in [-0.25, -0.2) is 0 Å². The van der Waals surface area contributed by atoms with Gasteiger partial charge in [-0.15, -0.1) is 0 Å². The van der Waals surface area contributed by atoms with Crippen molar-refractivity contribution >= 4 is 17.4 Å². The van der Waals surface area contributed by atoms with E-state index in [0.29, 0.717) is 42.4 Å². The van der Waals surface area contributed by atoms with Gasteiger partial charge in [0, 0.05) is 18.7 Å². The molecule has 1 aliphatic heterocycles. The number of hydrogen-bond acceptors (Lipinski definition) is 6. The van der Waals surface area contributed by atoms with Crippen molar-refractivity contribution in [1.29, 1.82) is 0 Å². The van der Waals surface area contributed by atoms with Crippen LogP contribution >= 0.6 is 0 Å². The van der Waals surface area contributed by atoms with E-state index in [0.717, 1.165) is 18.4 Å². The second-order valence-corrected chi connectivity index (χ2v) is 8.55. The number of nitrogens with zero attached hydrogens (tertiary/aromatic N) is 1. The number of anilines is 1. The lowest BCUT2D eigenvalue weighted by atomic mass is 9.91.